The standard InChI is InChI=1S/C14H10N8O2S2/c15-12-13(20-24-19-12)22-11(9-2-1-4-26-9)10(17-21-22)14(23)18-16-6-8-3-5-25-7-8/h1-7H,(H2,15,19)(H,18,23)/b16-6+. The second kappa shape index (κ2) is 6.85. The molecular weight excluding hydrogens is 376 g/mol. The summed E-state index contributed by atoms with van der Waals surface area (Å²) in [5.41, 5.74) is 9.58. The molecule has 4 heterocycles. The highest BCUT2D eigenvalue weighted by atomic mass is 32.1. The van der Waals surface area contributed by atoms with Crippen molar-refractivity contribution in [3.63, 3.8) is 0 Å². The number of hydrogen-bond acceptors (Lipinski definition) is 10. The van der Waals surface area contributed by atoms with Gasteiger partial charge in [-0.1, -0.05) is 11.3 Å². The average molecular weight is 386 g/mol. The summed E-state index contributed by atoms with van der Waals surface area (Å²) in [7, 11) is 0. The first-order chi connectivity index (χ1) is 12.7. The van der Waals surface area contributed by atoms with Crippen molar-refractivity contribution in [2.24, 2.45) is 5.10 Å². The predicted octanol–water partition coefficient (Wildman–Crippen LogP) is 1.79. The summed E-state index contributed by atoms with van der Waals surface area (Å²) in [6, 6.07) is 5.56. The molecule has 0 saturated carbocycles. The van der Waals surface area contributed by atoms with E-state index in [9.17, 15) is 4.79 Å². The number of hydrogen-bond donors (Lipinski definition) is 2. The van der Waals surface area contributed by atoms with Crippen LogP contribution in [-0.4, -0.2) is 37.4 Å². The zero-order valence-corrected chi connectivity index (χ0v) is 14.6. The van der Waals surface area contributed by atoms with Crippen molar-refractivity contribution in [1.82, 2.24) is 30.7 Å². The first kappa shape index (κ1) is 16.1. The summed E-state index contributed by atoms with van der Waals surface area (Å²) in [4.78, 5) is 13.3. The number of anilines is 1. The lowest BCUT2D eigenvalue weighted by atomic mass is 10.2. The Morgan fingerprint density at radius 1 is 1.35 bits per heavy atom. The molecule has 26 heavy (non-hydrogen) atoms. The third kappa shape index (κ3) is 2.98. The number of carbonyl (C=O) groups excluding carboxylic acids is 1. The van der Waals surface area contributed by atoms with Crippen molar-refractivity contribution in [2.75, 3.05) is 5.73 Å². The number of nitrogens with one attached hydrogen (secondary N) is 1. The van der Waals surface area contributed by atoms with Gasteiger partial charge in [0.05, 0.1) is 11.1 Å². The Labute approximate surface area is 153 Å². The number of hydrazone groups is 1. The van der Waals surface area contributed by atoms with Gasteiger partial charge in [0, 0.05) is 5.56 Å². The number of carbonyl (C=O) groups is 1. The normalized spacial score (nSPS) is 11.2. The summed E-state index contributed by atoms with van der Waals surface area (Å²) < 4.78 is 5.93. The molecule has 0 fully saturated rings. The van der Waals surface area contributed by atoms with Crippen molar-refractivity contribution in [3.8, 4) is 16.4 Å². The Hall–Kier alpha value is -3.38. The minimum absolute atomic E-state index is 0.0372. The van der Waals surface area contributed by atoms with Crippen LogP contribution in [0.15, 0.2) is 44.1 Å². The topological polar surface area (TPSA) is 137 Å². The predicted molar refractivity (Wildman–Crippen MR) is 96.3 cm³/mol. The van der Waals surface area contributed by atoms with Crippen LogP contribution in [-0.2, 0) is 0 Å². The molecule has 0 aromatic carbocycles. The highest BCUT2D eigenvalue weighted by Crippen LogP contribution is 2.29. The number of nitrogen functional groups attached to an aromatic ring is 1. The Morgan fingerprint density at radius 2 is 2.27 bits per heavy atom. The summed E-state index contributed by atoms with van der Waals surface area (Å²) in [5, 5.41) is 24.8. The molecule has 4 aromatic rings. The molecule has 12 heteroatoms. The number of thiophene rings is 2. The van der Waals surface area contributed by atoms with E-state index in [0.717, 1.165) is 10.4 Å². The van der Waals surface area contributed by atoms with Crippen molar-refractivity contribution >= 4 is 40.6 Å². The third-order valence-electron chi connectivity index (χ3n) is 3.26. The van der Waals surface area contributed by atoms with Crippen LogP contribution in [0.25, 0.3) is 16.4 Å². The van der Waals surface area contributed by atoms with E-state index in [1.807, 2.05) is 34.3 Å². The molecule has 0 aliphatic heterocycles. The van der Waals surface area contributed by atoms with Gasteiger partial charge in [0.25, 0.3) is 5.91 Å². The molecule has 0 spiro atoms. The van der Waals surface area contributed by atoms with E-state index in [4.69, 9.17) is 5.73 Å². The van der Waals surface area contributed by atoms with Crippen molar-refractivity contribution in [1.29, 1.82) is 0 Å². The maximum absolute atomic E-state index is 12.5. The van der Waals surface area contributed by atoms with Gasteiger partial charge < -0.3 is 5.73 Å². The highest BCUT2D eigenvalue weighted by Gasteiger charge is 2.25. The number of aromatic nitrogens is 5. The van der Waals surface area contributed by atoms with E-state index in [1.54, 1.807) is 6.21 Å². The Kier molecular flexibility index (Phi) is 4.25. The van der Waals surface area contributed by atoms with Gasteiger partial charge in [0.1, 0.15) is 5.69 Å². The second-order valence-electron chi connectivity index (χ2n) is 4.90. The largest absolute Gasteiger partial charge is 0.378 e. The van der Waals surface area contributed by atoms with E-state index < -0.39 is 5.91 Å². The molecule has 3 N–H and O–H groups in total. The van der Waals surface area contributed by atoms with Gasteiger partial charge in [0.2, 0.25) is 11.6 Å². The van der Waals surface area contributed by atoms with Crippen molar-refractivity contribution in [3.05, 3.63) is 45.6 Å². The molecule has 0 radical (unpaired) electrons. The van der Waals surface area contributed by atoms with Gasteiger partial charge in [-0.2, -0.15) is 21.1 Å². The van der Waals surface area contributed by atoms with Crippen LogP contribution in [0.2, 0.25) is 0 Å². The lowest BCUT2D eigenvalue weighted by molar-refractivity contribution is 0.0951. The fraction of sp³-hybridized carbons (Fsp3) is 0. The molecule has 0 saturated heterocycles. The molecular formula is C14H10N8O2S2. The van der Waals surface area contributed by atoms with Gasteiger partial charge in [-0.3, -0.25) is 4.79 Å². The Morgan fingerprint density at radius 3 is 2.96 bits per heavy atom. The monoisotopic (exact) mass is 386 g/mol. The molecule has 1 amide bonds. The zero-order valence-electron chi connectivity index (χ0n) is 12.9. The molecule has 10 nitrogen and oxygen atoms in total. The molecule has 0 aliphatic carbocycles. The molecule has 0 atom stereocenters. The van der Waals surface area contributed by atoms with Crippen LogP contribution in [0, 0.1) is 0 Å². The summed E-state index contributed by atoms with van der Waals surface area (Å²) in [6.07, 6.45) is 1.54. The van der Waals surface area contributed by atoms with E-state index in [0.29, 0.717) is 5.69 Å². The van der Waals surface area contributed by atoms with Crippen LogP contribution in [0.3, 0.4) is 0 Å². The average Bonchev–Trinajstić information content (AvgIpc) is 3.41. The van der Waals surface area contributed by atoms with Crippen LogP contribution >= 0.6 is 22.7 Å². The van der Waals surface area contributed by atoms with E-state index in [-0.39, 0.29) is 17.3 Å². The molecule has 130 valence electrons. The van der Waals surface area contributed by atoms with Gasteiger partial charge in [-0.15, -0.1) is 16.4 Å². The highest BCUT2D eigenvalue weighted by molar-refractivity contribution is 7.13. The minimum atomic E-state index is -0.513. The third-order valence-corrected chi connectivity index (χ3v) is 4.84. The van der Waals surface area contributed by atoms with Crippen LogP contribution < -0.4 is 11.2 Å². The van der Waals surface area contributed by atoms with E-state index >= 15 is 0 Å². The van der Waals surface area contributed by atoms with Crippen molar-refractivity contribution in [2.45, 2.75) is 0 Å². The first-order valence-electron chi connectivity index (χ1n) is 7.17. The molecule has 0 aliphatic rings. The van der Waals surface area contributed by atoms with Crippen molar-refractivity contribution < 1.29 is 9.42 Å². The van der Waals surface area contributed by atoms with Gasteiger partial charge in [0.15, 0.2) is 5.69 Å². The van der Waals surface area contributed by atoms with Gasteiger partial charge in [-0.05, 0) is 38.6 Å². The Balaban J connectivity index is 1.69. The maximum Gasteiger partial charge on any atom is 0.294 e. The molecule has 0 bridgehead atoms. The van der Waals surface area contributed by atoms with Crippen LogP contribution in [0.1, 0.15) is 16.1 Å². The van der Waals surface area contributed by atoms with Gasteiger partial charge >= 0.3 is 0 Å². The fourth-order valence-corrected chi connectivity index (χ4v) is 3.49. The lowest BCUT2D eigenvalue weighted by Gasteiger charge is -2.02. The summed E-state index contributed by atoms with van der Waals surface area (Å²) in [6.45, 7) is 0. The quantitative estimate of drug-likeness (QED) is 0.394. The smallest absolute Gasteiger partial charge is 0.294 e. The van der Waals surface area contributed by atoms with Gasteiger partial charge in [-0.25, -0.2) is 10.1 Å². The molecule has 4 rings (SSSR count). The second-order valence-corrected chi connectivity index (χ2v) is 6.63. The van der Waals surface area contributed by atoms with Crippen LogP contribution in [0.5, 0.6) is 0 Å². The summed E-state index contributed by atoms with van der Waals surface area (Å²) in [5.74, 6) is -0.321. The van der Waals surface area contributed by atoms with Crippen LogP contribution in [0.4, 0.5) is 5.82 Å². The molecule has 0 unspecified atom stereocenters. The molecule has 4 aromatic heterocycles. The first-order valence-corrected chi connectivity index (χ1v) is 9.00. The number of rotatable bonds is 5. The number of amides is 1. The van der Waals surface area contributed by atoms with E-state index in [1.165, 1.54) is 27.4 Å². The summed E-state index contributed by atoms with van der Waals surface area (Å²) >= 11 is 2.95. The number of nitrogens with zero attached hydrogens (tertiary/aromatic N) is 6. The minimum Gasteiger partial charge on any atom is -0.378 e. The lowest BCUT2D eigenvalue weighted by Crippen LogP contribution is -2.19. The SMILES string of the molecule is Nc1nonc1-n1nnc(C(=O)N/N=C/c2ccsc2)c1-c1cccs1. The zero-order chi connectivity index (χ0) is 17.9. The van der Waals surface area contributed by atoms with E-state index in [2.05, 4.69) is 35.8 Å². The Bertz CT molecular complexity index is 1050. The number of nitrogens with two attached hydrogens (primary N) is 1. The fourth-order valence-electron chi connectivity index (χ4n) is 2.12. The maximum atomic E-state index is 12.5.